The van der Waals surface area contributed by atoms with Gasteiger partial charge in [0.25, 0.3) is 0 Å². The second kappa shape index (κ2) is 4.99. The van der Waals surface area contributed by atoms with E-state index in [1.165, 1.54) is 11.1 Å². The summed E-state index contributed by atoms with van der Waals surface area (Å²) < 4.78 is 2.12. The highest BCUT2D eigenvalue weighted by atomic mass is 15.2. The molecule has 4 heteroatoms. The van der Waals surface area contributed by atoms with Gasteiger partial charge in [0.1, 0.15) is 0 Å². The molecule has 1 N–H and O–H groups in total. The zero-order valence-corrected chi connectivity index (χ0v) is 10.6. The highest BCUT2D eigenvalue weighted by Gasteiger charge is 2.04. The summed E-state index contributed by atoms with van der Waals surface area (Å²) >= 11 is 0. The molecule has 0 bridgehead atoms. The van der Waals surface area contributed by atoms with E-state index in [0.29, 0.717) is 0 Å². The van der Waals surface area contributed by atoms with Crippen molar-refractivity contribution in [3.05, 3.63) is 41.5 Å². The van der Waals surface area contributed by atoms with E-state index < -0.39 is 0 Å². The lowest BCUT2D eigenvalue weighted by molar-refractivity contribution is 0.762. The molecule has 0 aliphatic rings. The number of imidazole rings is 1. The van der Waals surface area contributed by atoms with E-state index in [4.69, 9.17) is 0 Å². The Labute approximate surface area is 102 Å². The summed E-state index contributed by atoms with van der Waals surface area (Å²) in [7, 11) is 0. The van der Waals surface area contributed by atoms with E-state index in [-0.39, 0.29) is 0 Å². The molecule has 2 aromatic rings. The van der Waals surface area contributed by atoms with Crippen molar-refractivity contribution >= 4 is 5.95 Å². The third-order valence-electron chi connectivity index (χ3n) is 2.81. The van der Waals surface area contributed by atoms with Gasteiger partial charge in [-0.2, -0.15) is 0 Å². The number of aromatic nitrogens is 3. The Hall–Kier alpha value is -1.84. The molecular formula is C13H18N4. The average Bonchev–Trinajstić information content (AvgIpc) is 2.69. The quantitative estimate of drug-likeness (QED) is 0.877. The first-order valence-corrected chi connectivity index (χ1v) is 5.88. The number of nitrogens with one attached hydrogen (secondary N) is 1. The van der Waals surface area contributed by atoms with Crippen LogP contribution in [0.15, 0.2) is 24.7 Å². The van der Waals surface area contributed by atoms with Crippen molar-refractivity contribution in [3.63, 3.8) is 0 Å². The summed E-state index contributed by atoms with van der Waals surface area (Å²) in [5.41, 5.74) is 3.50. The average molecular weight is 230 g/mol. The molecule has 0 saturated carbocycles. The largest absolute Gasteiger partial charge is 0.352 e. The lowest BCUT2D eigenvalue weighted by Gasteiger charge is -2.09. The van der Waals surface area contributed by atoms with E-state index in [0.717, 1.165) is 24.7 Å². The highest BCUT2D eigenvalue weighted by Crippen LogP contribution is 2.11. The molecule has 0 radical (unpaired) electrons. The van der Waals surface area contributed by atoms with Gasteiger partial charge in [0, 0.05) is 31.7 Å². The molecule has 0 aliphatic heterocycles. The molecule has 0 aromatic carbocycles. The second-order valence-electron chi connectivity index (χ2n) is 4.15. The fourth-order valence-electron chi connectivity index (χ4n) is 1.80. The summed E-state index contributed by atoms with van der Waals surface area (Å²) in [4.78, 5) is 8.55. The smallest absolute Gasteiger partial charge is 0.203 e. The van der Waals surface area contributed by atoms with Crippen LogP contribution in [0.2, 0.25) is 0 Å². The standard InChI is InChI=1S/C13H18N4/c1-4-17-9-11(3)16-13(17)15-8-12-5-6-14-7-10(12)2/h5-7,9H,4,8H2,1-3H3,(H,15,16). The van der Waals surface area contributed by atoms with E-state index >= 15 is 0 Å². The number of hydrogen-bond donors (Lipinski definition) is 1. The molecule has 0 unspecified atom stereocenters. The third kappa shape index (κ3) is 2.64. The van der Waals surface area contributed by atoms with E-state index in [1.807, 2.05) is 25.4 Å². The fraction of sp³-hybridized carbons (Fsp3) is 0.385. The minimum atomic E-state index is 0.783. The molecule has 4 nitrogen and oxygen atoms in total. The Morgan fingerprint density at radius 1 is 1.35 bits per heavy atom. The van der Waals surface area contributed by atoms with Crippen molar-refractivity contribution in [1.29, 1.82) is 0 Å². The van der Waals surface area contributed by atoms with Gasteiger partial charge in [-0.15, -0.1) is 0 Å². The summed E-state index contributed by atoms with van der Waals surface area (Å²) in [6, 6.07) is 2.04. The van der Waals surface area contributed by atoms with Crippen molar-refractivity contribution < 1.29 is 0 Å². The van der Waals surface area contributed by atoms with Crippen molar-refractivity contribution in [2.75, 3.05) is 5.32 Å². The van der Waals surface area contributed by atoms with Crippen LogP contribution in [0.25, 0.3) is 0 Å². The van der Waals surface area contributed by atoms with Gasteiger partial charge in [0.15, 0.2) is 0 Å². The van der Waals surface area contributed by atoms with Gasteiger partial charge in [0.05, 0.1) is 5.69 Å². The summed E-state index contributed by atoms with van der Waals surface area (Å²) in [6.07, 6.45) is 5.76. The number of hydrogen-bond acceptors (Lipinski definition) is 3. The van der Waals surface area contributed by atoms with Crippen molar-refractivity contribution in [3.8, 4) is 0 Å². The number of rotatable bonds is 4. The number of anilines is 1. The van der Waals surface area contributed by atoms with Gasteiger partial charge < -0.3 is 9.88 Å². The van der Waals surface area contributed by atoms with Crippen LogP contribution >= 0.6 is 0 Å². The lowest BCUT2D eigenvalue weighted by Crippen LogP contribution is -2.07. The maximum Gasteiger partial charge on any atom is 0.203 e. The Morgan fingerprint density at radius 3 is 2.88 bits per heavy atom. The normalized spacial score (nSPS) is 10.5. The van der Waals surface area contributed by atoms with Crippen LogP contribution < -0.4 is 5.32 Å². The Bertz CT molecular complexity index is 502. The molecule has 0 amide bonds. The number of aryl methyl sites for hydroxylation is 3. The van der Waals surface area contributed by atoms with Gasteiger partial charge in [-0.25, -0.2) is 4.98 Å². The molecular weight excluding hydrogens is 212 g/mol. The van der Waals surface area contributed by atoms with Crippen LogP contribution in [0.3, 0.4) is 0 Å². The van der Waals surface area contributed by atoms with Crippen LogP contribution in [0.5, 0.6) is 0 Å². The lowest BCUT2D eigenvalue weighted by atomic mass is 10.1. The number of nitrogens with zero attached hydrogens (tertiary/aromatic N) is 3. The first-order valence-electron chi connectivity index (χ1n) is 5.88. The Kier molecular flexibility index (Phi) is 3.42. The summed E-state index contributed by atoms with van der Waals surface area (Å²) in [5, 5.41) is 3.37. The molecule has 2 rings (SSSR count). The van der Waals surface area contributed by atoms with E-state index in [9.17, 15) is 0 Å². The predicted molar refractivity (Wildman–Crippen MR) is 68.9 cm³/mol. The van der Waals surface area contributed by atoms with Crippen LogP contribution in [-0.4, -0.2) is 14.5 Å². The molecule has 90 valence electrons. The van der Waals surface area contributed by atoms with E-state index in [1.54, 1.807) is 0 Å². The van der Waals surface area contributed by atoms with Crippen LogP contribution in [0.4, 0.5) is 5.95 Å². The van der Waals surface area contributed by atoms with Crippen molar-refractivity contribution in [2.24, 2.45) is 0 Å². The van der Waals surface area contributed by atoms with Crippen molar-refractivity contribution in [1.82, 2.24) is 14.5 Å². The number of pyridine rings is 1. The SMILES string of the molecule is CCn1cc(C)nc1NCc1ccncc1C. The second-order valence-corrected chi connectivity index (χ2v) is 4.15. The van der Waals surface area contributed by atoms with Gasteiger partial charge in [0.2, 0.25) is 5.95 Å². The molecule has 0 atom stereocenters. The minimum Gasteiger partial charge on any atom is -0.352 e. The van der Waals surface area contributed by atoms with Gasteiger partial charge >= 0.3 is 0 Å². The van der Waals surface area contributed by atoms with Crippen LogP contribution in [-0.2, 0) is 13.1 Å². The van der Waals surface area contributed by atoms with Crippen LogP contribution in [0.1, 0.15) is 23.7 Å². The van der Waals surface area contributed by atoms with E-state index in [2.05, 4.69) is 39.9 Å². The van der Waals surface area contributed by atoms with Crippen molar-refractivity contribution in [2.45, 2.75) is 33.9 Å². The monoisotopic (exact) mass is 230 g/mol. The fourth-order valence-corrected chi connectivity index (χ4v) is 1.80. The third-order valence-corrected chi connectivity index (χ3v) is 2.81. The zero-order valence-electron chi connectivity index (χ0n) is 10.6. The molecule has 0 saturated heterocycles. The van der Waals surface area contributed by atoms with Gasteiger partial charge in [-0.1, -0.05) is 0 Å². The molecule has 0 fully saturated rings. The molecule has 2 heterocycles. The molecule has 17 heavy (non-hydrogen) atoms. The predicted octanol–water partition coefficient (Wildman–Crippen LogP) is 2.53. The first kappa shape index (κ1) is 11.6. The molecule has 0 spiro atoms. The van der Waals surface area contributed by atoms with Gasteiger partial charge in [-0.3, -0.25) is 4.98 Å². The first-order chi connectivity index (χ1) is 8.20. The topological polar surface area (TPSA) is 42.7 Å². The minimum absolute atomic E-state index is 0.783. The Morgan fingerprint density at radius 2 is 2.18 bits per heavy atom. The zero-order chi connectivity index (χ0) is 12.3. The molecule has 2 aromatic heterocycles. The highest BCUT2D eigenvalue weighted by molar-refractivity contribution is 5.32. The molecule has 0 aliphatic carbocycles. The maximum atomic E-state index is 4.46. The van der Waals surface area contributed by atoms with Gasteiger partial charge in [-0.05, 0) is 38.0 Å². The summed E-state index contributed by atoms with van der Waals surface area (Å²) in [6.45, 7) is 7.91. The maximum absolute atomic E-state index is 4.46. The Balaban J connectivity index is 2.09. The summed E-state index contributed by atoms with van der Waals surface area (Å²) in [5.74, 6) is 0.932. The van der Waals surface area contributed by atoms with Crippen LogP contribution in [0, 0.1) is 13.8 Å².